The Morgan fingerprint density at radius 3 is 1.09 bits per heavy atom. The molecule has 0 radical (unpaired) electrons. The first-order chi connectivity index (χ1) is 9.80. The van der Waals surface area contributed by atoms with Crippen molar-refractivity contribution in [3.05, 3.63) is 30.3 Å². The summed E-state index contributed by atoms with van der Waals surface area (Å²) < 4.78 is 0. The van der Waals surface area contributed by atoms with E-state index in [1.165, 1.54) is 12.1 Å². The second kappa shape index (κ2) is 13.7. The van der Waals surface area contributed by atoms with Crippen LogP contribution < -0.4 is 5.19 Å². The van der Waals surface area contributed by atoms with E-state index in [0.717, 1.165) is 20.8 Å². The molecule has 1 aromatic carbocycles. The van der Waals surface area contributed by atoms with Crippen molar-refractivity contribution >= 4 is 31.9 Å². The smallest absolute Gasteiger partial charge is 0.481 e. The van der Waals surface area contributed by atoms with E-state index in [1.54, 1.807) is 18.2 Å². The van der Waals surface area contributed by atoms with Crippen LogP contribution in [0.3, 0.4) is 0 Å². The highest BCUT2D eigenvalue weighted by molar-refractivity contribution is 6.71. The molecule has 10 heteroatoms. The van der Waals surface area contributed by atoms with Crippen molar-refractivity contribution in [2.75, 3.05) is 0 Å². The van der Waals surface area contributed by atoms with Crippen LogP contribution in [0.1, 0.15) is 20.8 Å². The molecule has 0 saturated carbocycles. The van der Waals surface area contributed by atoms with Gasteiger partial charge in [0.2, 0.25) is 0 Å². The van der Waals surface area contributed by atoms with Crippen LogP contribution in [-0.2, 0) is 14.4 Å². The van der Waals surface area contributed by atoms with Gasteiger partial charge in [-0.15, -0.1) is 0 Å². The average molecular weight is 336 g/mol. The third-order valence-electron chi connectivity index (χ3n) is 1.16. The van der Waals surface area contributed by atoms with E-state index in [0.29, 0.717) is 0 Å². The average Bonchev–Trinajstić information content (AvgIpc) is 2.26. The zero-order valence-corrected chi connectivity index (χ0v) is 13.3. The summed E-state index contributed by atoms with van der Waals surface area (Å²) in [4.78, 5) is 53.2. The van der Waals surface area contributed by atoms with Gasteiger partial charge in [0.25, 0.3) is 17.9 Å². The Bertz CT molecular complexity index is 399. The molecule has 6 N–H and O–H groups in total. The van der Waals surface area contributed by atoms with E-state index < -0.39 is 26.7 Å². The van der Waals surface area contributed by atoms with Gasteiger partial charge in [-0.1, -0.05) is 30.3 Å². The number of carbonyl (C=O) groups is 3. The van der Waals surface area contributed by atoms with Crippen molar-refractivity contribution in [2.45, 2.75) is 20.8 Å². The van der Waals surface area contributed by atoms with Crippen LogP contribution in [0, 0.1) is 0 Å². The quantitative estimate of drug-likeness (QED) is 0.355. The van der Waals surface area contributed by atoms with Crippen molar-refractivity contribution in [2.24, 2.45) is 0 Å². The van der Waals surface area contributed by atoms with Gasteiger partial charge in [0.05, 0.1) is 0 Å². The largest absolute Gasteiger partial charge is 0.528 e. The summed E-state index contributed by atoms with van der Waals surface area (Å²) in [6.07, 6.45) is 0. The number of aliphatic carboxylic acids is 3. The molecule has 22 heavy (non-hydrogen) atoms. The molecule has 0 amide bonds. The van der Waals surface area contributed by atoms with Crippen LogP contribution >= 0.6 is 0 Å². The molecule has 0 aliphatic rings. The Balaban J connectivity index is -0.000000253. The number of rotatable bonds is 1. The lowest BCUT2D eigenvalue weighted by atomic mass is 10.4. The summed E-state index contributed by atoms with van der Waals surface area (Å²) in [5.74, 6) is -2.50. The normalized spacial score (nSPS) is 8.64. The van der Waals surface area contributed by atoms with E-state index in [1.807, 2.05) is 0 Å². The molecule has 0 aliphatic heterocycles. The first-order valence-corrected chi connectivity index (χ1v) is 7.46. The Morgan fingerprint density at radius 1 is 0.727 bits per heavy atom. The molecular formula is C12H20O9Si. The second-order valence-corrected chi connectivity index (χ2v) is 5.41. The van der Waals surface area contributed by atoms with Gasteiger partial charge in [-0.25, -0.2) is 0 Å². The van der Waals surface area contributed by atoms with E-state index in [9.17, 15) is 0 Å². The molecule has 0 spiro atoms. The zero-order valence-electron chi connectivity index (χ0n) is 12.3. The molecule has 0 fully saturated rings. The maximum absolute atomic E-state index is 9.00. The van der Waals surface area contributed by atoms with Crippen molar-refractivity contribution in [1.29, 1.82) is 0 Å². The van der Waals surface area contributed by atoms with Gasteiger partial charge in [0, 0.05) is 26.0 Å². The minimum atomic E-state index is -4.03. The highest BCUT2D eigenvalue weighted by Gasteiger charge is 2.29. The minimum Gasteiger partial charge on any atom is -0.481 e. The summed E-state index contributed by atoms with van der Waals surface area (Å²) in [5, 5.41) is 22.5. The molecule has 126 valence electrons. The van der Waals surface area contributed by atoms with Crippen LogP contribution in [-0.4, -0.2) is 56.4 Å². The number of carboxylic acids is 3. The van der Waals surface area contributed by atoms with Crippen LogP contribution in [0.4, 0.5) is 0 Å². The van der Waals surface area contributed by atoms with Gasteiger partial charge in [-0.2, -0.15) is 0 Å². The van der Waals surface area contributed by atoms with Crippen molar-refractivity contribution in [1.82, 2.24) is 0 Å². The maximum atomic E-state index is 9.00. The van der Waals surface area contributed by atoms with Crippen LogP contribution in [0.2, 0.25) is 0 Å². The SMILES string of the molecule is CC(=O)O.CC(=O)O.CC(=O)O.O[Si](O)(O)c1ccccc1. The van der Waals surface area contributed by atoms with Gasteiger partial charge >= 0.3 is 8.80 Å². The first kappa shape index (κ1) is 24.7. The van der Waals surface area contributed by atoms with E-state index in [-0.39, 0.29) is 5.19 Å². The molecule has 0 atom stereocenters. The molecule has 0 aromatic heterocycles. The van der Waals surface area contributed by atoms with Gasteiger partial charge in [0.1, 0.15) is 0 Å². The zero-order chi connectivity index (χ0) is 18.3. The summed E-state index contributed by atoms with van der Waals surface area (Å²) in [6, 6.07) is 7.97. The van der Waals surface area contributed by atoms with Crippen LogP contribution in [0.25, 0.3) is 0 Å². The Labute approximate surface area is 128 Å². The van der Waals surface area contributed by atoms with Crippen molar-refractivity contribution in [3.8, 4) is 0 Å². The first-order valence-electron chi connectivity index (χ1n) is 5.61. The number of carboxylic acid groups (broad SMARTS) is 3. The summed E-state index contributed by atoms with van der Waals surface area (Å²) in [5.41, 5.74) is 0. The fourth-order valence-corrected chi connectivity index (χ4v) is 1.30. The molecule has 0 saturated heterocycles. The maximum Gasteiger partial charge on any atom is 0.528 e. The standard InChI is InChI=1S/C6H8O3Si.3C2H4O2/c7-10(8,9)6-4-2-1-3-5-6;3*1-2(3)4/h1-5,7-9H;3*1H3,(H,3,4). The van der Waals surface area contributed by atoms with Gasteiger partial charge in [-0.3, -0.25) is 14.4 Å². The Morgan fingerprint density at radius 2 is 0.955 bits per heavy atom. The van der Waals surface area contributed by atoms with Crippen LogP contribution in [0.5, 0.6) is 0 Å². The highest BCUT2D eigenvalue weighted by Crippen LogP contribution is 1.89. The monoisotopic (exact) mass is 336 g/mol. The summed E-state index contributed by atoms with van der Waals surface area (Å²) >= 11 is 0. The Kier molecular flexibility index (Phi) is 15.4. The van der Waals surface area contributed by atoms with Gasteiger partial charge < -0.3 is 29.7 Å². The predicted molar refractivity (Wildman–Crippen MR) is 78.4 cm³/mol. The van der Waals surface area contributed by atoms with E-state index in [4.69, 9.17) is 44.1 Å². The topological polar surface area (TPSA) is 173 Å². The number of hydrogen-bond donors (Lipinski definition) is 6. The minimum absolute atomic E-state index is 0.204. The molecular weight excluding hydrogens is 316 g/mol. The van der Waals surface area contributed by atoms with Crippen molar-refractivity contribution in [3.63, 3.8) is 0 Å². The highest BCUT2D eigenvalue weighted by atomic mass is 28.4. The lowest BCUT2D eigenvalue weighted by Crippen LogP contribution is -2.48. The predicted octanol–water partition coefficient (Wildman–Crippen LogP) is -0.918. The summed E-state index contributed by atoms with van der Waals surface area (Å²) in [6.45, 7) is 3.25. The van der Waals surface area contributed by atoms with Gasteiger partial charge in [0.15, 0.2) is 0 Å². The Hall–Kier alpha value is -2.27. The fourth-order valence-electron chi connectivity index (χ4n) is 0.662. The molecule has 0 unspecified atom stereocenters. The third kappa shape index (κ3) is 36.1. The fraction of sp³-hybridized carbons (Fsp3) is 0.250. The lowest BCUT2D eigenvalue weighted by molar-refractivity contribution is -0.135. The number of benzene rings is 1. The van der Waals surface area contributed by atoms with E-state index in [2.05, 4.69) is 0 Å². The molecule has 0 bridgehead atoms. The molecule has 1 rings (SSSR count). The third-order valence-corrected chi connectivity index (χ3v) is 2.27. The van der Waals surface area contributed by atoms with E-state index >= 15 is 0 Å². The molecule has 0 aliphatic carbocycles. The summed E-state index contributed by atoms with van der Waals surface area (Å²) in [7, 11) is -4.03. The van der Waals surface area contributed by atoms with Crippen LogP contribution in [0.15, 0.2) is 30.3 Å². The molecule has 0 heterocycles. The molecule has 1 aromatic rings. The van der Waals surface area contributed by atoms with Crippen molar-refractivity contribution < 1.29 is 44.1 Å². The molecule has 9 nitrogen and oxygen atoms in total. The lowest BCUT2D eigenvalue weighted by Gasteiger charge is -2.07. The second-order valence-electron chi connectivity index (χ2n) is 3.56. The van der Waals surface area contributed by atoms with Gasteiger partial charge in [-0.05, 0) is 0 Å². The number of hydrogen-bond acceptors (Lipinski definition) is 6.